The second-order valence-electron chi connectivity index (χ2n) is 7.92. The maximum Gasteiger partial charge on any atom is 0.222 e. The van der Waals surface area contributed by atoms with Crippen molar-refractivity contribution in [3.05, 3.63) is 36.4 Å². The van der Waals surface area contributed by atoms with E-state index in [2.05, 4.69) is 32.4 Å². The van der Waals surface area contributed by atoms with Crippen LogP contribution in [0.2, 0.25) is 0 Å². The van der Waals surface area contributed by atoms with Crippen LogP contribution in [-0.2, 0) is 11.3 Å². The van der Waals surface area contributed by atoms with Crippen molar-refractivity contribution >= 4 is 5.91 Å². The smallest absolute Gasteiger partial charge is 0.222 e. The van der Waals surface area contributed by atoms with E-state index in [9.17, 15) is 4.79 Å². The number of hydrogen-bond acceptors (Lipinski definition) is 3. The molecule has 3 heterocycles. The average molecular weight is 352 g/mol. The summed E-state index contributed by atoms with van der Waals surface area (Å²) < 4.78 is 2.28. The summed E-state index contributed by atoms with van der Waals surface area (Å²) in [5.41, 5.74) is 2.22. The molecule has 0 N–H and O–H groups in total. The number of nitrogens with zero attached hydrogens (tertiary/aromatic N) is 4. The zero-order valence-corrected chi connectivity index (χ0v) is 15.6. The van der Waals surface area contributed by atoms with E-state index in [0.29, 0.717) is 17.7 Å². The number of likely N-dealkylation sites (tertiary alicyclic amines) is 1. The van der Waals surface area contributed by atoms with E-state index in [-0.39, 0.29) is 0 Å². The van der Waals surface area contributed by atoms with E-state index >= 15 is 0 Å². The molecular formula is C21H28N4O. The number of amides is 1. The molecule has 0 spiro atoms. The molecule has 4 rings (SSSR count). The fourth-order valence-corrected chi connectivity index (χ4v) is 4.47. The van der Waals surface area contributed by atoms with Crippen LogP contribution in [0, 0.1) is 18.8 Å². The lowest BCUT2D eigenvalue weighted by molar-refractivity contribution is -0.131. The fraction of sp³-hybridized carbons (Fsp3) is 0.571. The summed E-state index contributed by atoms with van der Waals surface area (Å²) in [7, 11) is 0. The van der Waals surface area contributed by atoms with Crippen molar-refractivity contribution in [3.8, 4) is 11.4 Å². The first kappa shape index (κ1) is 17.3. The Morgan fingerprint density at radius 2 is 2.04 bits per heavy atom. The maximum absolute atomic E-state index is 12.6. The Bertz CT molecular complexity index is 749. The molecule has 1 aliphatic heterocycles. The minimum Gasteiger partial charge on any atom is -0.342 e. The van der Waals surface area contributed by atoms with Gasteiger partial charge in [0.25, 0.3) is 0 Å². The number of imidazole rings is 1. The van der Waals surface area contributed by atoms with Crippen LogP contribution >= 0.6 is 0 Å². The van der Waals surface area contributed by atoms with Crippen molar-refractivity contribution in [2.75, 3.05) is 13.1 Å². The van der Waals surface area contributed by atoms with Gasteiger partial charge in [-0.2, -0.15) is 0 Å². The van der Waals surface area contributed by atoms with Crippen molar-refractivity contribution in [2.45, 2.75) is 52.0 Å². The average Bonchev–Trinajstić information content (AvgIpc) is 3.39. The van der Waals surface area contributed by atoms with Crippen LogP contribution in [0.4, 0.5) is 0 Å². The van der Waals surface area contributed by atoms with E-state index < -0.39 is 0 Å². The molecular weight excluding hydrogens is 324 g/mol. The second-order valence-corrected chi connectivity index (χ2v) is 7.92. The highest BCUT2D eigenvalue weighted by Gasteiger charge is 2.29. The van der Waals surface area contributed by atoms with E-state index in [1.165, 1.54) is 31.4 Å². The van der Waals surface area contributed by atoms with Gasteiger partial charge in [-0.1, -0.05) is 12.8 Å². The van der Waals surface area contributed by atoms with Crippen molar-refractivity contribution in [2.24, 2.45) is 11.8 Å². The molecule has 1 atom stereocenters. The lowest BCUT2D eigenvalue weighted by Crippen LogP contribution is -2.30. The summed E-state index contributed by atoms with van der Waals surface area (Å²) in [6, 6.07) is 4.00. The normalized spacial score (nSPS) is 20.8. The third-order valence-electron chi connectivity index (χ3n) is 5.99. The fourth-order valence-electron chi connectivity index (χ4n) is 4.47. The molecule has 0 radical (unpaired) electrons. The zero-order valence-electron chi connectivity index (χ0n) is 15.6. The highest BCUT2D eigenvalue weighted by atomic mass is 16.2. The molecule has 0 aromatic carbocycles. The number of aryl methyl sites for hydroxylation is 1. The van der Waals surface area contributed by atoms with Gasteiger partial charge in [0.05, 0.1) is 0 Å². The number of carbonyl (C=O) groups excluding carboxylic acids is 1. The molecule has 1 saturated carbocycles. The molecule has 138 valence electrons. The molecule has 1 aliphatic carbocycles. The van der Waals surface area contributed by atoms with Gasteiger partial charge in [-0.25, -0.2) is 4.98 Å². The molecule has 1 saturated heterocycles. The van der Waals surface area contributed by atoms with E-state index in [1.54, 1.807) is 6.20 Å². The topological polar surface area (TPSA) is 51.0 Å². The Balaban J connectivity index is 1.40. The molecule has 2 aromatic heterocycles. The third kappa shape index (κ3) is 3.67. The van der Waals surface area contributed by atoms with Crippen LogP contribution in [0.15, 0.2) is 30.7 Å². The summed E-state index contributed by atoms with van der Waals surface area (Å²) >= 11 is 0. The molecule has 1 amide bonds. The van der Waals surface area contributed by atoms with Gasteiger partial charge >= 0.3 is 0 Å². The largest absolute Gasteiger partial charge is 0.342 e. The first-order chi connectivity index (χ1) is 12.7. The number of pyridine rings is 1. The summed E-state index contributed by atoms with van der Waals surface area (Å²) in [4.78, 5) is 23.5. The summed E-state index contributed by atoms with van der Waals surface area (Å²) in [5.74, 6) is 2.49. The summed E-state index contributed by atoms with van der Waals surface area (Å²) in [6.07, 6.45) is 12.5. The quantitative estimate of drug-likeness (QED) is 0.825. The van der Waals surface area contributed by atoms with Gasteiger partial charge in [0, 0.05) is 55.9 Å². The van der Waals surface area contributed by atoms with Crippen LogP contribution in [0.3, 0.4) is 0 Å². The SMILES string of the molecule is Cc1cnc(-c2cccnc2)n1CC1CCN(C(=O)CC2CCCC2)C1. The lowest BCUT2D eigenvalue weighted by Gasteiger charge is -2.19. The van der Waals surface area contributed by atoms with E-state index in [1.807, 2.05) is 18.5 Å². The van der Waals surface area contributed by atoms with Gasteiger partial charge in [0.2, 0.25) is 5.91 Å². The number of carbonyl (C=O) groups is 1. The first-order valence-electron chi connectivity index (χ1n) is 9.91. The van der Waals surface area contributed by atoms with Crippen LogP contribution in [0.5, 0.6) is 0 Å². The highest BCUT2D eigenvalue weighted by molar-refractivity contribution is 5.76. The van der Waals surface area contributed by atoms with Gasteiger partial charge in [-0.05, 0) is 50.2 Å². The molecule has 2 aliphatic rings. The van der Waals surface area contributed by atoms with Crippen molar-refractivity contribution in [1.29, 1.82) is 0 Å². The summed E-state index contributed by atoms with van der Waals surface area (Å²) in [6.45, 7) is 4.82. The molecule has 1 unspecified atom stereocenters. The molecule has 0 bridgehead atoms. The predicted octanol–water partition coefficient (Wildman–Crippen LogP) is 3.68. The maximum atomic E-state index is 12.6. The van der Waals surface area contributed by atoms with Crippen LogP contribution in [-0.4, -0.2) is 38.4 Å². The minimum atomic E-state index is 0.370. The van der Waals surface area contributed by atoms with Crippen LogP contribution < -0.4 is 0 Å². The number of rotatable bonds is 5. The number of aromatic nitrogens is 3. The van der Waals surface area contributed by atoms with Gasteiger partial charge in [0.1, 0.15) is 5.82 Å². The molecule has 26 heavy (non-hydrogen) atoms. The van der Waals surface area contributed by atoms with Gasteiger partial charge < -0.3 is 9.47 Å². The van der Waals surface area contributed by atoms with E-state index in [4.69, 9.17) is 0 Å². The van der Waals surface area contributed by atoms with Gasteiger partial charge in [0.15, 0.2) is 0 Å². The van der Waals surface area contributed by atoms with Crippen LogP contribution in [0.1, 0.15) is 44.2 Å². The third-order valence-corrected chi connectivity index (χ3v) is 5.99. The van der Waals surface area contributed by atoms with Gasteiger partial charge in [-0.15, -0.1) is 0 Å². The standard InChI is InChI=1S/C21H28N4O/c1-16-12-23-21(19-7-4-9-22-13-19)25(16)15-18-8-10-24(14-18)20(26)11-17-5-2-3-6-17/h4,7,9,12-13,17-18H,2-3,5-6,8,10-11,14-15H2,1H3. The second kappa shape index (κ2) is 7.60. The molecule has 2 aromatic rings. The van der Waals surface area contributed by atoms with Crippen molar-refractivity contribution in [1.82, 2.24) is 19.4 Å². The Labute approximate surface area is 155 Å². The lowest BCUT2D eigenvalue weighted by atomic mass is 10.0. The monoisotopic (exact) mass is 352 g/mol. The Morgan fingerprint density at radius 1 is 1.19 bits per heavy atom. The Morgan fingerprint density at radius 3 is 2.81 bits per heavy atom. The zero-order chi connectivity index (χ0) is 17.9. The molecule has 5 nitrogen and oxygen atoms in total. The number of hydrogen-bond donors (Lipinski definition) is 0. The minimum absolute atomic E-state index is 0.370. The van der Waals surface area contributed by atoms with E-state index in [0.717, 1.165) is 43.9 Å². The predicted molar refractivity (Wildman–Crippen MR) is 101 cm³/mol. The molecule has 2 fully saturated rings. The molecule has 5 heteroatoms. The Kier molecular flexibility index (Phi) is 5.05. The van der Waals surface area contributed by atoms with Crippen LogP contribution in [0.25, 0.3) is 11.4 Å². The summed E-state index contributed by atoms with van der Waals surface area (Å²) in [5, 5.41) is 0. The van der Waals surface area contributed by atoms with Crippen molar-refractivity contribution in [3.63, 3.8) is 0 Å². The van der Waals surface area contributed by atoms with Gasteiger partial charge in [-0.3, -0.25) is 9.78 Å². The van der Waals surface area contributed by atoms with Crippen molar-refractivity contribution < 1.29 is 4.79 Å². The highest BCUT2D eigenvalue weighted by Crippen LogP contribution is 2.30. The Hall–Kier alpha value is -2.17. The first-order valence-corrected chi connectivity index (χ1v) is 9.91.